The normalized spacial score (nSPS) is 10.6. The van der Waals surface area contributed by atoms with Crippen LogP contribution in [0.15, 0.2) is 83.5 Å². The Morgan fingerprint density at radius 1 is 1.00 bits per heavy atom. The molecule has 6 nitrogen and oxygen atoms in total. The van der Waals surface area contributed by atoms with Gasteiger partial charge in [-0.25, -0.2) is 9.69 Å². The zero-order chi connectivity index (χ0) is 19.3. The van der Waals surface area contributed by atoms with Gasteiger partial charge in [-0.1, -0.05) is 53.7 Å². The Bertz CT molecular complexity index is 1090. The molecule has 1 amide bonds. The van der Waals surface area contributed by atoms with Crippen molar-refractivity contribution in [2.75, 3.05) is 12.0 Å². The average Bonchev–Trinajstić information content (AvgIpc) is 3.27. The summed E-state index contributed by atoms with van der Waals surface area (Å²) in [5.41, 5.74) is 1.53. The summed E-state index contributed by atoms with van der Waals surface area (Å²) in [4.78, 5) is 13.6. The molecule has 0 unspecified atom stereocenters. The molecule has 0 fully saturated rings. The number of anilines is 2. The second-order valence-corrected chi connectivity index (χ2v) is 6.09. The van der Waals surface area contributed by atoms with Gasteiger partial charge >= 0.3 is 6.09 Å². The highest BCUT2D eigenvalue weighted by molar-refractivity contribution is 5.96. The third-order valence-electron chi connectivity index (χ3n) is 4.32. The molecule has 0 spiro atoms. The second kappa shape index (κ2) is 7.84. The van der Waals surface area contributed by atoms with Crippen LogP contribution in [0.4, 0.5) is 16.4 Å². The van der Waals surface area contributed by atoms with Crippen molar-refractivity contribution >= 4 is 28.4 Å². The summed E-state index contributed by atoms with van der Waals surface area (Å²) in [5, 5.41) is 5.99. The molecule has 4 aromatic rings. The fourth-order valence-electron chi connectivity index (χ4n) is 2.98. The van der Waals surface area contributed by atoms with E-state index >= 15 is 0 Å². The Hall–Kier alpha value is -3.80. The van der Waals surface area contributed by atoms with Crippen LogP contribution in [0.2, 0.25) is 0 Å². The Labute approximate surface area is 161 Å². The minimum absolute atomic E-state index is 0.244. The van der Waals surface area contributed by atoms with Crippen LogP contribution >= 0.6 is 0 Å². The van der Waals surface area contributed by atoms with E-state index in [1.807, 2.05) is 30.3 Å². The van der Waals surface area contributed by atoms with Gasteiger partial charge in [-0.2, -0.15) is 0 Å². The Morgan fingerprint density at radius 2 is 1.79 bits per heavy atom. The summed E-state index contributed by atoms with van der Waals surface area (Å²) < 4.78 is 16.1. The number of rotatable bonds is 5. The average molecular weight is 374 g/mol. The standard InChI is InChI=1S/C22H18N2O4/c1-26-22(25)24(21-12-13-23-28-21)19-8-4-5-9-20(19)27-15-16-10-11-17-6-2-3-7-18(17)14-16/h2-14H,15H2,1H3. The Morgan fingerprint density at radius 3 is 2.57 bits per heavy atom. The van der Waals surface area contributed by atoms with Crippen molar-refractivity contribution in [2.24, 2.45) is 0 Å². The van der Waals surface area contributed by atoms with Crippen molar-refractivity contribution in [3.05, 3.63) is 84.6 Å². The van der Waals surface area contributed by atoms with Crippen LogP contribution in [0.3, 0.4) is 0 Å². The number of nitrogens with zero attached hydrogens (tertiary/aromatic N) is 2. The van der Waals surface area contributed by atoms with Crippen LogP contribution in [0, 0.1) is 0 Å². The van der Waals surface area contributed by atoms with Gasteiger partial charge in [-0.05, 0) is 34.5 Å². The third-order valence-corrected chi connectivity index (χ3v) is 4.32. The van der Waals surface area contributed by atoms with E-state index in [-0.39, 0.29) is 5.88 Å². The zero-order valence-electron chi connectivity index (χ0n) is 15.2. The van der Waals surface area contributed by atoms with E-state index in [1.54, 1.807) is 18.2 Å². The summed E-state index contributed by atoms with van der Waals surface area (Å²) in [6.45, 7) is 0.354. The summed E-state index contributed by atoms with van der Waals surface area (Å²) in [6.07, 6.45) is 0.864. The highest BCUT2D eigenvalue weighted by atomic mass is 16.6. The number of para-hydroxylation sites is 2. The number of amides is 1. The number of methoxy groups -OCH3 is 1. The van der Waals surface area contributed by atoms with Gasteiger partial charge < -0.3 is 14.0 Å². The lowest BCUT2D eigenvalue weighted by Crippen LogP contribution is -2.25. The first kappa shape index (κ1) is 17.6. The number of aromatic nitrogens is 1. The van der Waals surface area contributed by atoms with Gasteiger partial charge in [0, 0.05) is 6.07 Å². The Kier molecular flexibility index (Phi) is 4.93. The summed E-state index contributed by atoms with van der Waals surface area (Å²) in [6, 6.07) is 23.1. The summed E-state index contributed by atoms with van der Waals surface area (Å²) in [7, 11) is 1.31. The maximum absolute atomic E-state index is 12.3. The number of fused-ring (bicyclic) bond motifs is 1. The molecule has 6 heteroatoms. The highest BCUT2D eigenvalue weighted by Crippen LogP contribution is 2.34. The topological polar surface area (TPSA) is 64.8 Å². The lowest BCUT2D eigenvalue weighted by molar-refractivity contribution is 0.179. The number of benzene rings is 3. The molecule has 0 atom stereocenters. The number of hydrogen-bond acceptors (Lipinski definition) is 5. The first-order valence-electron chi connectivity index (χ1n) is 8.74. The number of hydrogen-bond donors (Lipinski definition) is 0. The molecular weight excluding hydrogens is 356 g/mol. The van der Waals surface area contributed by atoms with Gasteiger partial charge in [-0.3, -0.25) is 0 Å². The van der Waals surface area contributed by atoms with Gasteiger partial charge in [0.15, 0.2) is 0 Å². The predicted molar refractivity (Wildman–Crippen MR) is 106 cm³/mol. The molecule has 0 aliphatic rings. The molecule has 0 aliphatic heterocycles. The van der Waals surface area contributed by atoms with Crippen LogP contribution in [0.5, 0.6) is 5.75 Å². The van der Waals surface area contributed by atoms with E-state index in [9.17, 15) is 4.79 Å². The molecule has 28 heavy (non-hydrogen) atoms. The molecule has 0 N–H and O–H groups in total. The minimum Gasteiger partial charge on any atom is -0.487 e. The smallest absolute Gasteiger partial charge is 0.421 e. The number of carbonyl (C=O) groups excluding carboxylic acids is 1. The molecule has 140 valence electrons. The molecule has 4 rings (SSSR count). The van der Waals surface area contributed by atoms with Gasteiger partial charge in [0.25, 0.3) is 0 Å². The van der Waals surface area contributed by atoms with Gasteiger partial charge in [0.1, 0.15) is 12.4 Å². The number of carbonyl (C=O) groups is 1. The van der Waals surface area contributed by atoms with Crippen LogP contribution in [-0.2, 0) is 11.3 Å². The van der Waals surface area contributed by atoms with Gasteiger partial charge in [-0.15, -0.1) is 0 Å². The maximum atomic E-state index is 12.3. The van der Waals surface area contributed by atoms with Crippen molar-refractivity contribution in [1.82, 2.24) is 5.16 Å². The Balaban J connectivity index is 1.62. The van der Waals surface area contributed by atoms with Gasteiger partial charge in [0.2, 0.25) is 5.88 Å². The van der Waals surface area contributed by atoms with Crippen LogP contribution < -0.4 is 9.64 Å². The van der Waals surface area contributed by atoms with Crippen LogP contribution in [0.1, 0.15) is 5.56 Å². The van der Waals surface area contributed by atoms with E-state index in [0.717, 1.165) is 10.9 Å². The second-order valence-electron chi connectivity index (χ2n) is 6.09. The first-order valence-corrected chi connectivity index (χ1v) is 8.74. The fourth-order valence-corrected chi connectivity index (χ4v) is 2.98. The largest absolute Gasteiger partial charge is 0.487 e. The minimum atomic E-state index is -0.599. The van der Waals surface area contributed by atoms with Crippen LogP contribution in [-0.4, -0.2) is 18.4 Å². The van der Waals surface area contributed by atoms with Crippen molar-refractivity contribution in [2.45, 2.75) is 6.61 Å². The molecule has 0 radical (unpaired) electrons. The molecule has 0 saturated heterocycles. The summed E-state index contributed by atoms with van der Waals surface area (Å²) in [5.74, 6) is 0.770. The molecule has 3 aromatic carbocycles. The lowest BCUT2D eigenvalue weighted by Gasteiger charge is -2.20. The highest BCUT2D eigenvalue weighted by Gasteiger charge is 2.25. The first-order chi connectivity index (χ1) is 13.8. The van der Waals surface area contributed by atoms with E-state index in [2.05, 4.69) is 29.4 Å². The van der Waals surface area contributed by atoms with Crippen molar-refractivity contribution < 1.29 is 18.8 Å². The monoisotopic (exact) mass is 374 g/mol. The molecule has 0 bridgehead atoms. The quantitative estimate of drug-likeness (QED) is 0.473. The van der Waals surface area contributed by atoms with Gasteiger partial charge in [0.05, 0.1) is 19.0 Å². The van der Waals surface area contributed by atoms with Crippen LogP contribution in [0.25, 0.3) is 10.8 Å². The van der Waals surface area contributed by atoms with E-state index in [0.29, 0.717) is 18.0 Å². The third kappa shape index (κ3) is 3.53. The van der Waals surface area contributed by atoms with E-state index in [4.69, 9.17) is 14.0 Å². The number of ether oxygens (including phenoxy) is 2. The van der Waals surface area contributed by atoms with Crippen molar-refractivity contribution in [3.8, 4) is 5.75 Å². The molecule has 1 aromatic heterocycles. The summed E-state index contributed by atoms with van der Waals surface area (Å²) >= 11 is 0. The fraction of sp³-hybridized carbons (Fsp3) is 0.0909. The van der Waals surface area contributed by atoms with Crippen molar-refractivity contribution in [1.29, 1.82) is 0 Å². The van der Waals surface area contributed by atoms with Crippen molar-refractivity contribution in [3.63, 3.8) is 0 Å². The van der Waals surface area contributed by atoms with E-state index < -0.39 is 6.09 Å². The molecule has 0 aliphatic carbocycles. The zero-order valence-corrected chi connectivity index (χ0v) is 15.2. The molecular formula is C22H18N2O4. The molecule has 0 saturated carbocycles. The predicted octanol–water partition coefficient (Wildman–Crippen LogP) is 5.31. The SMILES string of the molecule is COC(=O)N(c1ccno1)c1ccccc1OCc1ccc2ccccc2c1. The molecule has 1 heterocycles. The lowest BCUT2D eigenvalue weighted by atomic mass is 10.1. The maximum Gasteiger partial charge on any atom is 0.421 e. The van der Waals surface area contributed by atoms with E-state index in [1.165, 1.54) is 23.6 Å².